The van der Waals surface area contributed by atoms with Crippen molar-refractivity contribution in [2.24, 2.45) is 0 Å². The molecule has 0 fully saturated rings. The fourth-order valence-electron chi connectivity index (χ4n) is 2.83. The molecule has 6 nitrogen and oxygen atoms in total. The van der Waals surface area contributed by atoms with E-state index in [1.54, 1.807) is 32.0 Å². The monoisotopic (exact) mass is 418 g/mol. The highest BCUT2D eigenvalue weighted by Crippen LogP contribution is 2.28. The predicted molar refractivity (Wildman–Crippen MR) is 112 cm³/mol. The summed E-state index contributed by atoms with van der Waals surface area (Å²) in [6, 6.07) is 15.3. The van der Waals surface area contributed by atoms with E-state index in [4.69, 9.17) is 0 Å². The Balaban J connectivity index is 2.07. The Hall–Kier alpha value is -2.42. The van der Waals surface area contributed by atoms with Gasteiger partial charge in [0.25, 0.3) is 10.0 Å². The van der Waals surface area contributed by atoms with Crippen molar-refractivity contribution in [3.8, 4) is 0 Å². The molecule has 3 aromatic carbocycles. The number of rotatable bonds is 5. The van der Waals surface area contributed by atoms with E-state index < -0.39 is 20.0 Å². The Morgan fingerprint density at radius 1 is 0.786 bits per heavy atom. The summed E-state index contributed by atoms with van der Waals surface area (Å²) >= 11 is 0. The lowest BCUT2D eigenvalue weighted by molar-refractivity contribution is 0.520. The first-order chi connectivity index (χ1) is 13.0. The molecule has 0 heterocycles. The Morgan fingerprint density at radius 2 is 1.43 bits per heavy atom. The molecule has 0 aliphatic heterocycles. The highest BCUT2D eigenvalue weighted by atomic mass is 32.2. The molecule has 0 aliphatic carbocycles. The van der Waals surface area contributed by atoms with Crippen LogP contribution in [0.4, 0.5) is 5.69 Å². The van der Waals surface area contributed by atoms with E-state index in [0.29, 0.717) is 11.1 Å². The van der Waals surface area contributed by atoms with Gasteiger partial charge in [0.1, 0.15) is 0 Å². The summed E-state index contributed by atoms with van der Waals surface area (Å²) in [5.74, 6) is 0. The summed E-state index contributed by atoms with van der Waals surface area (Å²) in [6.45, 7) is 3.50. The molecule has 0 bridgehead atoms. The maximum Gasteiger partial charge on any atom is 0.261 e. The van der Waals surface area contributed by atoms with Gasteiger partial charge in [-0.05, 0) is 60.0 Å². The minimum atomic E-state index is -3.88. The Kier molecular flexibility index (Phi) is 5.22. The van der Waals surface area contributed by atoms with Crippen molar-refractivity contribution in [2.75, 3.05) is 18.8 Å². The number of hydrogen-bond acceptors (Lipinski definition) is 4. The van der Waals surface area contributed by atoms with Crippen molar-refractivity contribution < 1.29 is 16.8 Å². The zero-order valence-corrected chi connectivity index (χ0v) is 17.7. The van der Waals surface area contributed by atoms with Crippen LogP contribution in [-0.2, 0) is 20.0 Å². The minimum absolute atomic E-state index is 0.0387. The Morgan fingerprint density at radius 3 is 2.07 bits per heavy atom. The van der Waals surface area contributed by atoms with Gasteiger partial charge < -0.3 is 0 Å². The van der Waals surface area contributed by atoms with Crippen molar-refractivity contribution >= 4 is 36.5 Å². The number of nitrogens with one attached hydrogen (secondary N) is 1. The van der Waals surface area contributed by atoms with Gasteiger partial charge in [-0.3, -0.25) is 4.72 Å². The van der Waals surface area contributed by atoms with Crippen LogP contribution < -0.4 is 4.72 Å². The van der Waals surface area contributed by atoms with Crippen LogP contribution in [0.5, 0.6) is 0 Å². The summed E-state index contributed by atoms with van der Waals surface area (Å²) < 4.78 is 54.5. The number of benzene rings is 3. The molecular weight excluding hydrogens is 396 g/mol. The number of aryl methyl sites for hydroxylation is 1. The molecule has 0 aliphatic rings. The zero-order valence-electron chi connectivity index (χ0n) is 16.1. The van der Waals surface area contributed by atoms with Gasteiger partial charge in [-0.1, -0.05) is 30.3 Å². The van der Waals surface area contributed by atoms with Gasteiger partial charge in [-0.2, -0.15) is 0 Å². The van der Waals surface area contributed by atoms with E-state index in [0.717, 1.165) is 15.1 Å². The predicted octanol–water partition coefficient (Wildman–Crippen LogP) is 3.51. The number of hydrogen-bond donors (Lipinski definition) is 1. The van der Waals surface area contributed by atoms with Crippen LogP contribution in [0.3, 0.4) is 0 Å². The van der Waals surface area contributed by atoms with Gasteiger partial charge in [0.05, 0.1) is 15.5 Å². The molecule has 0 unspecified atom stereocenters. The first-order valence-corrected chi connectivity index (χ1v) is 11.5. The average molecular weight is 419 g/mol. The van der Waals surface area contributed by atoms with E-state index in [1.807, 2.05) is 24.3 Å². The van der Waals surface area contributed by atoms with E-state index in [-0.39, 0.29) is 15.5 Å². The second-order valence-corrected chi connectivity index (χ2v) is 10.6. The molecule has 0 atom stereocenters. The molecule has 1 N–H and O–H groups in total. The lowest BCUT2D eigenvalue weighted by Gasteiger charge is -2.17. The third-order valence-corrected chi connectivity index (χ3v) is 7.85. The first-order valence-electron chi connectivity index (χ1n) is 8.58. The highest BCUT2D eigenvalue weighted by molar-refractivity contribution is 7.92. The first kappa shape index (κ1) is 20.3. The highest BCUT2D eigenvalue weighted by Gasteiger charge is 2.22. The quantitative estimate of drug-likeness (QED) is 0.687. The van der Waals surface area contributed by atoms with Crippen LogP contribution in [0, 0.1) is 13.8 Å². The van der Waals surface area contributed by atoms with Gasteiger partial charge in [0, 0.05) is 14.1 Å². The summed E-state index contributed by atoms with van der Waals surface area (Å²) in [5, 5.41) is 1.75. The molecule has 0 aromatic heterocycles. The minimum Gasteiger partial charge on any atom is -0.279 e. The fraction of sp³-hybridized carbons (Fsp3) is 0.200. The van der Waals surface area contributed by atoms with Gasteiger partial charge >= 0.3 is 0 Å². The lowest BCUT2D eigenvalue weighted by atomic mass is 10.1. The van der Waals surface area contributed by atoms with Crippen LogP contribution in [0.2, 0.25) is 0 Å². The summed E-state index contributed by atoms with van der Waals surface area (Å²) in [4.78, 5) is 0.154. The molecule has 0 saturated carbocycles. The molecule has 0 radical (unpaired) electrons. The van der Waals surface area contributed by atoms with Crippen LogP contribution in [0.25, 0.3) is 10.8 Å². The molecule has 148 valence electrons. The van der Waals surface area contributed by atoms with Gasteiger partial charge in [0.2, 0.25) is 10.0 Å². The topological polar surface area (TPSA) is 83.6 Å². The van der Waals surface area contributed by atoms with E-state index in [9.17, 15) is 16.8 Å². The Bertz CT molecular complexity index is 1260. The number of sulfonamides is 2. The summed E-state index contributed by atoms with van der Waals surface area (Å²) in [5.41, 5.74) is 1.59. The molecule has 3 aromatic rings. The van der Waals surface area contributed by atoms with Crippen molar-refractivity contribution in [1.82, 2.24) is 4.31 Å². The van der Waals surface area contributed by atoms with Crippen LogP contribution in [0.1, 0.15) is 11.1 Å². The van der Waals surface area contributed by atoms with E-state index >= 15 is 0 Å². The third-order valence-electron chi connectivity index (χ3n) is 4.70. The number of fused-ring (bicyclic) bond motifs is 1. The second kappa shape index (κ2) is 7.20. The Labute approximate surface area is 165 Å². The fourth-order valence-corrected chi connectivity index (χ4v) is 4.99. The van der Waals surface area contributed by atoms with Gasteiger partial charge in [-0.15, -0.1) is 0 Å². The van der Waals surface area contributed by atoms with Gasteiger partial charge in [-0.25, -0.2) is 21.1 Å². The van der Waals surface area contributed by atoms with Gasteiger partial charge in [0.15, 0.2) is 0 Å². The number of anilines is 1. The molecule has 0 saturated heterocycles. The largest absolute Gasteiger partial charge is 0.279 e. The molecule has 3 rings (SSSR count). The SMILES string of the molecule is Cc1cc(S(=O)(=O)N(C)C)cc(NS(=O)(=O)c2ccc3ccccc3c2)c1C. The summed E-state index contributed by atoms with van der Waals surface area (Å²) in [6.07, 6.45) is 0. The molecule has 0 amide bonds. The molecule has 0 spiro atoms. The van der Waals surface area contributed by atoms with Crippen LogP contribution >= 0.6 is 0 Å². The smallest absolute Gasteiger partial charge is 0.261 e. The van der Waals surface area contributed by atoms with Crippen molar-refractivity contribution in [3.05, 3.63) is 65.7 Å². The lowest BCUT2D eigenvalue weighted by Crippen LogP contribution is -2.23. The van der Waals surface area contributed by atoms with Crippen LogP contribution in [-0.4, -0.2) is 35.2 Å². The molecular formula is C20H22N2O4S2. The summed E-state index contributed by atoms with van der Waals surface area (Å²) in [7, 11) is -4.71. The standard InChI is InChI=1S/C20H22N2O4S2/c1-14-11-19(28(25,26)22(3)4)13-20(15(14)2)21-27(23,24)18-10-9-16-7-5-6-8-17(16)12-18/h5-13,21H,1-4H3. The average Bonchev–Trinajstić information content (AvgIpc) is 2.64. The second-order valence-electron chi connectivity index (χ2n) is 6.81. The van der Waals surface area contributed by atoms with Crippen LogP contribution in [0.15, 0.2) is 64.4 Å². The molecule has 8 heteroatoms. The number of nitrogens with zero attached hydrogens (tertiary/aromatic N) is 1. The maximum absolute atomic E-state index is 12.9. The third kappa shape index (κ3) is 3.76. The maximum atomic E-state index is 12.9. The molecule has 28 heavy (non-hydrogen) atoms. The van der Waals surface area contributed by atoms with E-state index in [1.165, 1.54) is 26.2 Å². The van der Waals surface area contributed by atoms with Crippen molar-refractivity contribution in [3.63, 3.8) is 0 Å². The van der Waals surface area contributed by atoms with E-state index in [2.05, 4.69) is 4.72 Å². The van der Waals surface area contributed by atoms with Crippen molar-refractivity contribution in [1.29, 1.82) is 0 Å². The normalized spacial score (nSPS) is 12.5. The van der Waals surface area contributed by atoms with Crippen molar-refractivity contribution in [2.45, 2.75) is 23.6 Å². The zero-order chi connectivity index (χ0) is 20.7.